The topological polar surface area (TPSA) is 259 Å². The maximum absolute atomic E-state index is 12.4. The standard InChI is InChI=1S/C16H26N3O14P3/c1-10(2)8-29-12-6-14(19-7-11(4-3-5-17)15(20)18-16(19)21)31-13(12)9-30-35(25,26)33-36(27,28)32-34(22,23)24/h7,10,12-14H,5-6,8-9,17H2,1-2H3,(H,25,26)(H,27,28)(H,18,20,21)(H2,22,23,24)/t12-,13?,14-/m1/s1. The summed E-state index contributed by atoms with van der Waals surface area (Å²) in [7, 11) is -16.7. The third-order valence-electron chi connectivity index (χ3n) is 4.25. The Balaban J connectivity index is 2.22. The Morgan fingerprint density at radius 2 is 1.86 bits per heavy atom. The second kappa shape index (κ2) is 12.4. The van der Waals surface area contributed by atoms with E-state index in [0.29, 0.717) is 0 Å². The van der Waals surface area contributed by atoms with Gasteiger partial charge >= 0.3 is 29.2 Å². The molecule has 5 atom stereocenters. The summed E-state index contributed by atoms with van der Waals surface area (Å²) in [6.07, 6.45) is -1.82. The van der Waals surface area contributed by atoms with Gasteiger partial charge in [-0.1, -0.05) is 25.7 Å². The number of rotatable bonds is 11. The van der Waals surface area contributed by atoms with E-state index in [4.69, 9.17) is 25.0 Å². The van der Waals surface area contributed by atoms with Gasteiger partial charge in [-0.25, -0.2) is 18.5 Å². The van der Waals surface area contributed by atoms with Crippen molar-refractivity contribution in [3.63, 3.8) is 0 Å². The quantitative estimate of drug-likeness (QED) is 0.143. The van der Waals surface area contributed by atoms with Crippen LogP contribution in [0, 0.1) is 17.8 Å². The normalized spacial score (nSPS) is 23.6. The number of ether oxygens (including phenoxy) is 2. The lowest BCUT2D eigenvalue weighted by Crippen LogP contribution is -2.33. The largest absolute Gasteiger partial charge is 0.490 e. The Morgan fingerprint density at radius 3 is 2.44 bits per heavy atom. The second-order valence-corrected chi connectivity index (χ2v) is 12.2. The number of nitrogens with two attached hydrogens (primary N) is 1. The van der Waals surface area contributed by atoms with Crippen LogP contribution in [0.25, 0.3) is 0 Å². The molecule has 7 N–H and O–H groups in total. The number of hydrogen-bond donors (Lipinski definition) is 6. The molecule has 0 amide bonds. The van der Waals surface area contributed by atoms with Crippen LogP contribution < -0.4 is 17.0 Å². The predicted octanol–water partition coefficient (Wildman–Crippen LogP) is -0.481. The van der Waals surface area contributed by atoms with E-state index in [0.717, 1.165) is 10.8 Å². The summed E-state index contributed by atoms with van der Waals surface area (Å²) in [6.45, 7) is 3.11. The number of aromatic nitrogens is 2. The Hall–Kier alpha value is -1.47. The van der Waals surface area contributed by atoms with E-state index in [9.17, 15) is 33.1 Å². The first-order valence-electron chi connectivity index (χ1n) is 10.1. The molecule has 0 spiro atoms. The van der Waals surface area contributed by atoms with Gasteiger partial charge in [0.2, 0.25) is 0 Å². The third-order valence-corrected chi connectivity index (χ3v) is 8.05. The molecule has 3 unspecified atom stereocenters. The van der Waals surface area contributed by atoms with Crippen molar-refractivity contribution in [2.24, 2.45) is 11.7 Å². The van der Waals surface area contributed by atoms with Crippen molar-refractivity contribution in [3.8, 4) is 11.8 Å². The maximum Gasteiger partial charge on any atom is 0.490 e. The Labute approximate surface area is 204 Å². The van der Waals surface area contributed by atoms with Gasteiger partial charge in [0.1, 0.15) is 17.9 Å². The van der Waals surface area contributed by atoms with Crippen LogP contribution in [0.1, 0.15) is 32.1 Å². The molecule has 0 saturated carbocycles. The van der Waals surface area contributed by atoms with Gasteiger partial charge in [-0.05, 0) is 5.92 Å². The third kappa shape index (κ3) is 9.77. The van der Waals surface area contributed by atoms with Gasteiger partial charge in [0.15, 0.2) is 0 Å². The van der Waals surface area contributed by atoms with Gasteiger partial charge in [-0.15, -0.1) is 0 Å². The molecule has 1 fully saturated rings. The van der Waals surface area contributed by atoms with Gasteiger partial charge in [-0.3, -0.25) is 18.9 Å². The van der Waals surface area contributed by atoms with Crippen molar-refractivity contribution in [2.45, 2.75) is 38.7 Å². The molecule has 1 aliphatic heterocycles. The molecule has 1 aromatic heterocycles. The van der Waals surface area contributed by atoms with Crippen LogP contribution in [0.5, 0.6) is 0 Å². The second-order valence-electron chi connectivity index (χ2n) is 7.73. The number of hydrogen-bond acceptors (Lipinski definition) is 11. The summed E-state index contributed by atoms with van der Waals surface area (Å²) in [4.78, 5) is 62.6. The van der Waals surface area contributed by atoms with Crippen LogP contribution in [0.4, 0.5) is 0 Å². The molecule has 1 aliphatic rings. The first-order chi connectivity index (χ1) is 16.5. The van der Waals surface area contributed by atoms with E-state index < -0.39 is 59.8 Å². The molecule has 0 aliphatic carbocycles. The summed E-state index contributed by atoms with van der Waals surface area (Å²) in [5.41, 5.74) is 3.66. The molecule has 204 valence electrons. The van der Waals surface area contributed by atoms with E-state index in [-0.39, 0.29) is 31.1 Å². The molecule has 20 heteroatoms. The first-order valence-corrected chi connectivity index (χ1v) is 14.6. The average Bonchev–Trinajstić information content (AvgIpc) is 3.10. The molecule has 1 saturated heterocycles. The molecule has 0 bridgehead atoms. The van der Waals surface area contributed by atoms with Crippen LogP contribution in [0.15, 0.2) is 15.8 Å². The summed E-state index contributed by atoms with van der Waals surface area (Å²) in [5.74, 6) is 5.07. The van der Waals surface area contributed by atoms with Crippen LogP contribution in [-0.2, 0) is 36.3 Å². The molecule has 2 rings (SSSR count). The molecule has 1 aromatic rings. The van der Waals surface area contributed by atoms with Crippen LogP contribution in [0.2, 0.25) is 0 Å². The highest BCUT2D eigenvalue weighted by atomic mass is 31.3. The minimum absolute atomic E-state index is 0.0207. The zero-order chi connectivity index (χ0) is 27.3. The van der Waals surface area contributed by atoms with Crippen LogP contribution >= 0.6 is 23.5 Å². The van der Waals surface area contributed by atoms with Crippen molar-refractivity contribution in [3.05, 3.63) is 32.6 Å². The minimum atomic E-state index is -5.70. The van der Waals surface area contributed by atoms with Gasteiger partial charge in [0.25, 0.3) is 5.56 Å². The van der Waals surface area contributed by atoms with Gasteiger partial charge in [0, 0.05) is 19.2 Å². The SMILES string of the molecule is CC(C)CO[C@@H]1C[C@H](n2cc(C#CCN)c(=O)[nH]c2=O)OC1COP(=O)(O)OP(=O)(O)OP(=O)(O)O. The molecule has 0 aromatic carbocycles. The molecule has 17 nitrogen and oxygen atoms in total. The van der Waals surface area contributed by atoms with E-state index in [1.54, 1.807) is 0 Å². The van der Waals surface area contributed by atoms with Gasteiger partial charge in [0.05, 0.1) is 19.3 Å². The number of phosphoric ester groups is 1. The number of nitrogens with one attached hydrogen (secondary N) is 1. The fourth-order valence-corrected chi connectivity index (χ4v) is 5.95. The number of nitrogens with zero attached hydrogens (tertiary/aromatic N) is 1. The lowest BCUT2D eigenvalue weighted by Gasteiger charge is -2.21. The summed E-state index contributed by atoms with van der Waals surface area (Å²) in [6, 6.07) is 0. The number of aromatic amines is 1. The molecule has 36 heavy (non-hydrogen) atoms. The van der Waals surface area contributed by atoms with Gasteiger partial charge in [-0.2, -0.15) is 8.62 Å². The monoisotopic (exact) mass is 577 g/mol. The molecular formula is C16H26N3O14P3. The fraction of sp³-hybridized carbons (Fsp3) is 0.625. The molecular weight excluding hydrogens is 551 g/mol. The van der Waals surface area contributed by atoms with E-state index >= 15 is 0 Å². The number of phosphoric acid groups is 3. The smallest absolute Gasteiger partial charge is 0.375 e. The van der Waals surface area contributed by atoms with Crippen molar-refractivity contribution < 1.29 is 55.9 Å². The Bertz CT molecular complexity index is 1240. The molecule has 2 heterocycles. The highest BCUT2D eigenvalue weighted by Gasteiger charge is 2.43. The van der Waals surface area contributed by atoms with E-state index in [1.165, 1.54) is 0 Å². The Kier molecular flexibility index (Phi) is 10.6. The summed E-state index contributed by atoms with van der Waals surface area (Å²) < 4.78 is 58.8. The first kappa shape index (κ1) is 30.8. The maximum atomic E-state index is 12.4. The molecule has 0 radical (unpaired) electrons. The zero-order valence-corrected chi connectivity index (χ0v) is 21.6. The van der Waals surface area contributed by atoms with E-state index in [1.807, 2.05) is 13.8 Å². The van der Waals surface area contributed by atoms with Crippen molar-refractivity contribution in [1.29, 1.82) is 0 Å². The van der Waals surface area contributed by atoms with Crippen molar-refractivity contribution >= 4 is 23.5 Å². The lowest BCUT2D eigenvalue weighted by atomic mass is 10.1. The Morgan fingerprint density at radius 1 is 1.19 bits per heavy atom. The fourth-order valence-electron chi connectivity index (χ4n) is 2.92. The van der Waals surface area contributed by atoms with Crippen molar-refractivity contribution in [1.82, 2.24) is 9.55 Å². The van der Waals surface area contributed by atoms with E-state index in [2.05, 4.69) is 30.0 Å². The number of H-pyrrole nitrogens is 1. The summed E-state index contributed by atoms with van der Waals surface area (Å²) in [5, 5.41) is 0. The highest BCUT2D eigenvalue weighted by molar-refractivity contribution is 7.66. The highest BCUT2D eigenvalue weighted by Crippen LogP contribution is 2.66. The van der Waals surface area contributed by atoms with Crippen molar-refractivity contribution in [2.75, 3.05) is 19.8 Å². The lowest BCUT2D eigenvalue weighted by molar-refractivity contribution is -0.0646. The predicted molar refractivity (Wildman–Crippen MR) is 120 cm³/mol. The zero-order valence-electron chi connectivity index (χ0n) is 19.0. The van der Waals surface area contributed by atoms with Crippen LogP contribution in [-0.4, -0.2) is 61.1 Å². The van der Waals surface area contributed by atoms with Gasteiger partial charge < -0.3 is 34.8 Å². The summed E-state index contributed by atoms with van der Waals surface area (Å²) >= 11 is 0. The average molecular weight is 577 g/mol. The van der Waals surface area contributed by atoms with Crippen LogP contribution in [0.3, 0.4) is 0 Å². The minimum Gasteiger partial charge on any atom is -0.375 e.